The molecule has 2 aliphatic carbocycles. The lowest BCUT2D eigenvalue weighted by Crippen LogP contribution is -2.28. The number of carbonyl (C=O) groups excluding carboxylic acids is 1. The van der Waals surface area contributed by atoms with Crippen LogP contribution >= 0.6 is 23.1 Å². The highest BCUT2D eigenvalue weighted by atomic mass is 32.2. The maximum Gasteiger partial charge on any atom is 0.267 e. The van der Waals surface area contributed by atoms with Crippen molar-refractivity contribution in [3.05, 3.63) is 50.1 Å². The summed E-state index contributed by atoms with van der Waals surface area (Å²) >= 11 is 2.99. The van der Waals surface area contributed by atoms with E-state index in [0.717, 1.165) is 59.1 Å². The molecule has 1 saturated carbocycles. The first-order chi connectivity index (χ1) is 14.0. The van der Waals surface area contributed by atoms with Crippen LogP contribution in [0.25, 0.3) is 15.9 Å². The Morgan fingerprint density at radius 3 is 2.90 bits per heavy atom. The summed E-state index contributed by atoms with van der Waals surface area (Å²) in [7, 11) is 0. The Hall–Kier alpha value is -2.12. The largest absolute Gasteiger partial charge is 0.353 e. The molecule has 0 spiro atoms. The number of hydrogen-bond donors (Lipinski definition) is 1. The van der Waals surface area contributed by atoms with Gasteiger partial charge in [0, 0.05) is 10.9 Å². The van der Waals surface area contributed by atoms with E-state index in [9.17, 15) is 9.59 Å². The molecule has 5 rings (SSSR count). The number of nitrogens with zero attached hydrogens (tertiary/aromatic N) is 2. The van der Waals surface area contributed by atoms with Crippen LogP contribution in [0.3, 0.4) is 0 Å². The lowest BCUT2D eigenvalue weighted by atomic mass is 10.1. The van der Waals surface area contributed by atoms with Gasteiger partial charge in [-0.1, -0.05) is 29.5 Å². The molecule has 0 bridgehead atoms. The third kappa shape index (κ3) is 3.51. The van der Waals surface area contributed by atoms with Crippen molar-refractivity contribution in [2.24, 2.45) is 0 Å². The molecule has 29 heavy (non-hydrogen) atoms. The first-order valence-corrected chi connectivity index (χ1v) is 11.9. The van der Waals surface area contributed by atoms with Gasteiger partial charge in [0.2, 0.25) is 5.91 Å². The van der Waals surface area contributed by atoms with Crippen LogP contribution in [-0.2, 0) is 17.6 Å². The van der Waals surface area contributed by atoms with Crippen LogP contribution in [0.1, 0.15) is 40.8 Å². The minimum atomic E-state index is -0.00791. The van der Waals surface area contributed by atoms with Gasteiger partial charge in [0.25, 0.3) is 5.56 Å². The average molecular weight is 426 g/mol. The van der Waals surface area contributed by atoms with Crippen molar-refractivity contribution < 1.29 is 4.79 Å². The highest BCUT2D eigenvalue weighted by Crippen LogP contribution is 2.36. The van der Waals surface area contributed by atoms with Gasteiger partial charge >= 0.3 is 0 Å². The molecule has 0 saturated heterocycles. The number of fused-ring (bicyclic) bond motifs is 3. The van der Waals surface area contributed by atoms with Gasteiger partial charge in [-0.25, -0.2) is 4.98 Å². The number of amides is 1. The smallest absolute Gasteiger partial charge is 0.267 e. The van der Waals surface area contributed by atoms with E-state index in [2.05, 4.69) is 11.4 Å². The van der Waals surface area contributed by atoms with Crippen molar-refractivity contribution in [1.29, 1.82) is 0 Å². The van der Waals surface area contributed by atoms with Crippen molar-refractivity contribution in [1.82, 2.24) is 14.9 Å². The van der Waals surface area contributed by atoms with Crippen molar-refractivity contribution in [3.63, 3.8) is 0 Å². The zero-order valence-electron chi connectivity index (χ0n) is 16.6. The Kier molecular flexibility index (Phi) is 4.75. The molecule has 2 heterocycles. The van der Waals surface area contributed by atoms with Gasteiger partial charge in [-0.15, -0.1) is 11.3 Å². The van der Waals surface area contributed by atoms with Crippen LogP contribution in [0.5, 0.6) is 0 Å². The van der Waals surface area contributed by atoms with Gasteiger partial charge in [0.05, 0.1) is 16.8 Å². The normalized spacial score (nSPS) is 15.7. The number of rotatable bonds is 5. The molecule has 5 nitrogen and oxygen atoms in total. The van der Waals surface area contributed by atoms with E-state index in [1.807, 2.05) is 26.0 Å². The van der Waals surface area contributed by atoms with Crippen LogP contribution in [0.15, 0.2) is 28.2 Å². The first kappa shape index (κ1) is 18.9. The maximum atomic E-state index is 13.7. The predicted octanol–water partition coefficient (Wildman–Crippen LogP) is 3.92. The lowest BCUT2D eigenvalue weighted by Gasteiger charge is -2.15. The Labute approximate surface area is 177 Å². The number of thiophene rings is 1. The highest BCUT2D eigenvalue weighted by Gasteiger charge is 2.26. The fourth-order valence-corrected chi connectivity index (χ4v) is 6.14. The average Bonchev–Trinajstić information content (AvgIpc) is 3.24. The molecule has 3 aromatic rings. The summed E-state index contributed by atoms with van der Waals surface area (Å²) in [6.45, 7) is 4.07. The molecule has 2 aliphatic rings. The second-order valence-corrected chi connectivity index (χ2v) is 10.0. The first-order valence-electron chi connectivity index (χ1n) is 10.1. The monoisotopic (exact) mass is 425 g/mol. The topological polar surface area (TPSA) is 64.0 Å². The third-order valence-electron chi connectivity index (χ3n) is 5.58. The summed E-state index contributed by atoms with van der Waals surface area (Å²) < 4.78 is 1.72. The maximum absolute atomic E-state index is 13.7. The molecule has 0 atom stereocenters. The SMILES string of the molecule is Cc1ccc(-n2c(SCC(=O)NC3CC3)nc3sc4c(c3c2=O)CCC4)c(C)c1. The van der Waals surface area contributed by atoms with E-state index >= 15 is 0 Å². The number of carbonyl (C=O) groups is 1. The summed E-state index contributed by atoms with van der Waals surface area (Å²) in [5.41, 5.74) is 4.21. The summed E-state index contributed by atoms with van der Waals surface area (Å²) in [5, 5.41) is 4.38. The number of aromatic nitrogens is 2. The Morgan fingerprint density at radius 1 is 1.31 bits per heavy atom. The second-order valence-electron chi connectivity index (χ2n) is 7.99. The van der Waals surface area contributed by atoms with Crippen molar-refractivity contribution in [2.75, 3.05) is 5.75 Å². The number of aryl methyl sites for hydroxylation is 4. The van der Waals surface area contributed by atoms with Gasteiger partial charge in [-0.2, -0.15) is 0 Å². The van der Waals surface area contributed by atoms with Crippen LogP contribution < -0.4 is 10.9 Å². The number of nitrogens with one attached hydrogen (secondary N) is 1. The fraction of sp³-hybridized carbons (Fsp3) is 0.409. The predicted molar refractivity (Wildman–Crippen MR) is 119 cm³/mol. The van der Waals surface area contributed by atoms with E-state index in [-0.39, 0.29) is 17.2 Å². The van der Waals surface area contributed by atoms with Gasteiger partial charge in [0.15, 0.2) is 5.16 Å². The van der Waals surface area contributed by atoms with E-state index in [1.165, 1.54) is 22.2 Å². The molecule has 1 amide bonds. The van der Waals surface area contributed by atoms with Gasteiger partial charge in [-0.05, 0) is 63.1 Å². The Balaban J connectivity index is 1.63. The van der Waals surface area contributed by atoms with Crippen LogP contribution in [0.2, 0.25) is 0 Å². The quantitative estimate of drug-likeness (QED) is 0.497. The molecule has 150 valence electrons. The molecule has 7 heteroatoms. The van der Waals surface area contributed by atoms with Crippen molar-refractivity contribution in [2.45, 2.75) is 57.1 Å². The Bertz CT molecular complexity index is 1190. The van der Waals surface area contributed by atoms with Gasteiger partial charge in [0.1, 0.15) is 4.83 Å². The summed E-state index contributed by atoms with van der Waals surface area (Å²) in [6, 6.07) is 6.42. The van der Waals surface area contributed by atoms with E-state index in [1.54, 1.807) is 15.9 Å². The number of benzene rings is 1. The van der Waals surface area contributed by atoms with Crippen LogP contribution in [0.4, 0.5) is 0 Å². The zero-order chi connectivity index (χ0) is 20.1. The molecule has 2 aromatic heterocycles. The fourth-order valence-electron chi connectivity index (χ4n) is 4.02. The van der Waals surface area contributed by atoms with Crippen molar-refractivity contribution >= 4 is 39.2 Å². The molecule has 1 fully saturated rings. The lowest BCUT2D eigenvalue weighted by molar-refractivity contribution is -0.118. The zero-order valence-corrected chi connectivity index (χ0v) is 18.2. The van der Waals surface area contributed by atoms with Crippen LogP contribution in [-0.4, -0.2) is 27.3 Å². The molecule has 0 unspecified atom stereocenters. The summed E-state index contributed by atoms with van der Waals surface area (Å²) in [6.07, 6.45) is 5.22. The highest BCUT2D eigenvalue weighted by molar-refractivity contribution is 7.99. The number of thioether (sulfide) groups is 1. The molecule has 0 radical (unpaired) electrons. The molecular weight excluding hydrogens is 402 g/mol. The molecule has 1 aromatic carbocycles. The van der Waals surface area contributed by atoms with Gasteiger partial charge < -0.3 is 5.32 Å². The van der Waals surface area contributed by atoms with E-state index in [4.69, 9.17) is 4.98 Å². The Morgan fingerprint density at radius 2 is 2.14 bits per heavy atom. The third-order valence-corrected chi connectivity index (χ3v) is 7.70. The minimum absolute atomic E-state index is 0.00713. The standard InChI is InChI=1S/C22H23N3O2S2/c1-12-6-9-16(13(2)10-12)25-21(27)19-15-4-3-5-17(15)29-20(19)24-22(25)28-11-18(26)23-14-7-8-14/h6,9-10,14H,3-5,7-8,11H2,1-2H3,(H,23,26). The van der Waals surface area contributed by atoms with E-state index in [0.29, 0.717) is 11.2 Å². The second kappa shape index (κ2) is 7.29. The minimum Gasteiger partial charge on any atom is -0.353 e. The summed E-state index contributed by atoms with van der Waals surface area (Å²) in [5.74, 6) is 0.275. The molecular formula is C22H23N3O2S2. The van der Waals surface area contributed by atoms with Gasteiger partial charge in [-0.3, -0.25) is 14.2 Å². The van der Waals surface area contributed by atoms with Crippen molar-refractivity contribution in [3.8, 4) is 5.69 Å². The molecule has 1 N–H and O–H groups in total. The van der Waals surface area contributed by atoms with Crippen LogP contribution in [0, 0.1) is 13.8 Å². The van der Waals surface area contributed by atoms with E-state index < -0.39 is 0 Å². The summed E-state index contributed by atoms with van der Waals surface area (Å²) in [4.78, 5) is 32.9. The molecule has 0 aliphatic heterocycles. The number of hydrogen-bond acceptors (Lipinski definition) is 5.